The van der Waals surface area contributed by atoms with Gasteiger partial charge in [0.25, 0.3) is 11.5 Å². The molecule has 0 radical (unpaired) electrons. The summed E-state index contributed by atoms with van der Waals surface area (Å²) >= 11 is 1.07. The van der Waals surface area contributed by atoms with Gasteiger partial charge in [0.2, 0.25) is 0 Å². The van der Waals surface area contributed by atoms with E-state index in [1.807, 2.05) is 0 Å². The van der Waals surface area contributed by atoms with Gasteiger partial charge in [-0.05, 0) is 24.3 Å². The maximum atomic E-state index is 13.7. The van der Waals surface area contributed by atoms with Crippen LogP contribution in [0.5, 0.6) is 0 Å². The van der Waals surface area contributed by atoms with Gasteiger partial charge in [-0.15, -0.1) is 11.3 Å². The van der Waals surface area contributed by atoms with Crippen molar-refractivity contribution < 1.29 is 13.6 Å². The average Bonchev–Trinajstić information content (AvgIpc) is 3.00. The Labute approximate surface area is 139 Å². The highest BCUT2D eigenvalue weighted by Crippen LogP contribution is 2.27. The van der Waals surface area contributed by atoms with Crippen molar-refractivity contribution in [3.8, 4) is 11.3 Å². The molecule has 2 heterocycles. The molecule has 0 spiro atoms. The quantitative estimate of drug-likeness (QED) is 0.792. The van der Waals surface area contributed by atoms with Crippen molar-refractivity contribution in [3.63, 3.8) is 0 Å². The van der Waals surface area contributed by atoms with Crippen LogP contribution in [-0.4, -0.2) is 15.5 Å². The SMILES string of the molecule is Cn1ccc(C(=O)Nc2nc(-c3cc(F)ccc3F)cs2)cc1=O. The second kappa shape index (κ2) is 6.32. The van der Waals surface area contributed by atoms with Gasteiger partial charge < -0.3 is 4.57 Å². The number of nitrogens with zero attached hydrogens (tertiary/aromatic N) is 2. The number of amides is 1. The third-order valence-corrected chi connectivity index (χ3v) is 4.05. The topological polar surface area (TPSA) is 64.0 Å². The molecule has 3 aromatic rings. The normalized spacial score (nSPS) is 10.6. The lowest BCUT2D eigenvalue weighted by Gasteiger charge is -2.03. The number of carbonyl (C=O) groups is 1. The number of pyridine rings is 1. The minimum absolute atomic E-state index is 0.0142. The molecular formula is C16H11F2N3O2S. The standard InChI is InChI=1S/C16H11F2N3O2S/c1-21-5-4-9(6-14(21)22)15(23)20-16-19-13(8-24-16)11-7-10(17)2-3-12(11)18/h2-8H,1H3,(H,19,20,23). The molecule has 0 aliphatic rings. The molecule has 0 aliphatic heterocycles. The molecule has 8 heteroatoms. The predicted molar refractivity (Wildman–Crippen MR) is 87.1 cm³/mol. The van der Waals surface area contributed by atoms with Crippen molar-refractivity contribution in [2.75, 3.05) is 5.32 Å². The zero-order valence-electron chi connectivity index (χ0n) is 12.4. The molecule has 0 atom stereocenters. The number of rotatable bonds is 3. The Hall–Kier alpha value is -2.87. The molecule has 0 unspecified atom stereocenters. The summed E-state index contributed by atoms with van der Waals surface area (Å²) in [6.07, 6.45) is 1.48. The summed E-state index contributed by atoms with van der Waals surface area (Å²) < 4.78 is 28.3. The number of nitrogens with one attached hydrogen (secondary N) is 1. The molecule has 1 amide bonds. The van der Waals surface area contributed by atoms with Crippen LogP contribution in [0.25, 0.3) is 11.3 Å². The van der Waals surface area contributed by atoms with Crippen LogP contribution in [0.4, 0.5) is 13.9 Å². The van der Waals surface area contributed by atoms with E-state index in [4.69, 9.17) is 0 Å². The van der Waals surface area contributed by atoms with Gasteiger partial charge in [-0.25, -0.2) is 13.8 Å². The van der Waals surface area contributed by atoms with Crippen LogP contribution in [-0.2, 0) is 7.05 Å². The maximum Gasteiger partial charge on any atom is 0.257 e. The number of benzene rings is 1. The predicted octanol–water partition coefficient (Wildman–Crippen LogP) is 3.04. The molecule has 0 saturated carbocycles. The smallest absolute Gasteiger partial charge is 0.257 e. The monoisotopic (exact) mass is 347 g/mol. The van der Waals surface area contributed by atoms with Crippen LogP contribution in [0, 0.1) is 11.6 Å². The first-order valence-electron chi connectivity index (χ1n) is 6.83. The lowest BCUT2D eigenvalue weighted by Crippen LogP contribution is -2.19. The highest BCUT2D eigenvalue weighted by molar-refractivity contribution is 7.14. The lowest BCUT2D eigenvalue weighted by atomic mass is 10.1. The molecule has 0 fully saturated rings. The Morgan fingerprint density at radius 1 is 1.25 bits per heavy atom. The highest BCUT2D eigenvalue weighted by Gasteiger charge is 2.13. The molecule has 5 nitrogen and oxygen atoms in total. The fourth-order valence-electron chi connectivity index (χ4n) is 2.01. The first-order chi connectivity index (χ1) is 11.4. The summed E-state index contributed by atoms with van der Waals surface area (Å²) in [6, 6.07) is 5.77. The summed E-state index contributed by atoms with van der Waals surface area (Å²) in [7, 11) is 1.57. The van der Waals surface area contributed by atoms with Gasteiger partial charge in [-0.1, -0.05) is 0 Å². The second-order valence-corrected chi connectivity index (χ2v) is 5.84. The Kier molecular flexibility index (Phi) is 4.22. The van der Waals surface area contributed by atoms with Crippen molar-refractivity contribution in [1.29, 1.82) is 0 Å². The van der Waals surface area contributed by atoms with Gasteiger partial charge in [0.1, 0.15) is 11.6 Å². The van der Waals surface area contributed by atoms with Gasteiger partial charge >= 0.3 is 0 Å². The van der Waals surface area contributed by atoms with E-state index in [2.05, 4.69) is 10.3 Å². The number of aryl methyl sites for hydroxylation is 1. The van der Waals surface area contributed by atoms with Crippen LogP contribution >= 0.6 is 11.3 Å². The number of halogens is 2. The molecule has 0 saturated heterocycles. The van der Waals surface area contributed by atoms with Gasteiger partial charge in [-0.3, -0.25) is 14.9 Å². The van der Waals surface area contributed by atoms with E-state index >= 15 is 0 Å². The number of anilines is 1. The fraction of sp³-hybridized carbons (Fsp3) is 0.0625. The van der Waals surface area contributed by atoms with E-state index in [0.717, 1.165) is 29.5 Å². The zero-order chi connectivity index (χ0) is 17.3. The van der Waals surface area contributed by atoms with Gasteiger partial charge in [-0.2, -0.15) is 0 Å². The first-order valence-corrected chi connectivity index (χ1v) is 7.71. The summed E-state index contributed by atoms with van der Waals surface area (Å²) in [5.74, 6) is -1.69. The van der Waals surface area contributed by atoms with Crippen LogP contribution in [0.1, 0.15) is 10.4 Å². The van der Waals surface area contributed by atoms with Crippen molar-refractivity contribution in [2.24, 2.45) is 7.05 Å². The largest absolute Gasteiger partial charge is 0.319 e. The zero-order valence-corrected chi connectivity index (χ0v) is 13.2. The van der Waals surface area contributed by atoms with E-state index in [1.54, 1.807) is 7.05 Å². The number of carbonyl (C=O) groups excluding carboxylic acids is 1. The van der Waals surface area contributed by atoms with Crippen molar-refractivity contribution in [2.45, 2.75) is 0 Å². The summed E-state index contributed by atoms with van der Waals surface area (Å²) in [5, 5.41) is 4.27. The van der Waals surface area contributed by atoms with Crippen LogP contribution in [0.2, 0.25) is 0 Å². The highest BCUT2D eigenvalue weighted by atomic mass is 32.1. The molecule has 0 aliphatic carbocycles. The first kappa shape index (κ1) is 16.0. The molecule has 1 aromatic carbocycles. The van der Waals surface area contributed by atoms with E-state index in [9.17, 15) is 18.4 Å². The Morgan fingerprint density at radius 3 is 2.79 bits per heavy atom. The molecule has 3 rings (SSSR count). The van der Waals surface area contributed by atoms with Crippen molar-refractivity contribution in [3.05, 3.63) is 69.5 Å². The molecule has 24 heavy (non-hydrogen) atoms. The number of hydrogen-bond donors (Lipinski definition) is 1. The summed E-state index contributed by atoms with van der Waals surface area (Å²) in [6.45, 7) is 0. The van der Waals surface area contributed by atoms with Crippen LogP contribution in [0.15, 0.2) is 46.7 Å². The number of hydrogen-bond acceptors (Lipinski definition) is 4. The van der Waals surface area contributed by atoms with Crippen molar-refractivity contribution in [1.82, 2.24) is 9.55 Å². The molecular weight excluding hydrogens is 336 g/mol. The fourth-order valence-corrected chi connectivity index (χ4v) is 2.71. The minimum Gasteiger partial charge on any atom is -0.319 e. The minimum atomic E-state index is -0.605. The van der Waals surface area contributed by atoms with Crippen molar-refractivity contribution >= 4 is 22.4 Å². The van der Waals surface area contributed by atoms with Gasteiger partial charge in [0, 0.05) is 35.8 Å². The molecule has 1 N–H and O–H groups in total. The number of aromatic nitrogens is 2. The Morgan fingerprint density at radius 2 is 2.04 bits per heavy atom. The van der Waals surface area contributed by atoms with Gasteiger partial charge in [0.05, 0.1) is 5.69 Å². The van der Waals surface area contributed by atoms with Crippen LogP contribution in [0.3, 0.4) is 0 Å². The van der Waals surface area contributed by atoms with E-state index < -0.39 is 17.5 Å². The third-order valence-electron chi connectivity index (χ3n) is 3.30. The van der Waals surface area contributed by atoms with Crippen LogP contribution < -0.4 is 10.9 Å². The third kappa shape index (κ3) is 3.23. The molecule has 2 aromatic heterocycles. The Bertz CT molecular complexity index is 981. The average molecular weight is 347 g/mol. The van der Waals surface area contributed by atoms with Gasteiger partial charge in [0.15, 0.2) is 5.13 Å². The van der Waals surface area contributed by atoms with E-state index in [1.165, 1.54) is 28.3 Å². The lowest BCUT2D eigenvalue weighted by molar-refractivity contribution is 0.102. The molecule has 122 valence electrons. The van der Waals surface area contributed by atoms with E-state index in [-0.39, 0.29) is 27.5 Å². The van der Waals surface area contributed by atoms with E-state index in [0.29, 0.717) is 0 Å². The Balaban J connectivity index is 1.83. The molecule has 0 bridgehead atoms. The summed E-state index contributed by atoms with van der Waals surface area (Å²) in [5.41, 5.74) is 0.104. The second-order valence-electron chi connectivity index (χ2n) is 4.98. The summed E-state index contributed by atoms with van der Waals surface area (Å²) in [4.78, 5) is 27.8. The number of thiazole rings is 1. The maximum absolute atomic E-state index is 13.7.